The van der Waals surface area contributed by atoms with Crippen LogP contribution in [0.4, 0.5) is 5.82 Å². The van der Waals surface area contributed by atoms with Crippen molar-refractivity contribution in [1.82, 2.24) is 19.9 Å². The number of fused-ring (bicyclic) bond motifs is 1. The molecule has 1 aliphatic heterocycles. The molecule has 2 N–H and O–H groups in total. The van der Waals surface area contributed by atoms with Crippen LogP contribution in [0.3, 0.4) is 0 Å². The van der Waals surface area contributed by atoms with Gasteiger partial charge in [0.25, 0.3) is 0 Å². The molecule has 1 aliphatic carbocycles. The second kappa shape index (κ2) is 5.88. The van der Waals surface area contributed by atoms with Gasteiger partial charge < -0.3 is 10.6 Å². The lowest BCUT2D eigenvalue weighted by molar-refractivity contribution is 0.682. The SMILES string of the molecule is CCc1cc(NC2CCNC2)n2nc(C3CCCC3)cc2n1. The highest BCUT2D eigenvalue weighted by Gasteiger charge is 2.22. The lowest BCUT2D eigenvalue weighted by Crippen LogP contribution is -2.24. The molecule has 1 atom stereocenters. The molecule has 4 rings (SSSR count). The summed E-state index contributed by atoms with van der Waals surface area (Å²) in [5.74, 6) is 1.73. The second-order valence-corrected chi connectivity index (χ2v) is 6.64. The molecule has 0 spiro atoms. The van der Waals surface area contributed by atoms with E-state index in [9.17, 15) is 0 Å². The van der Waals surface area contributed by atoms with Gasteiger partial charge in [-0.15, -0.1) is 0 Å². The van der Waals surface area contributed by atoms with E-state index in [0.717, 1.165) is 36.7 Å². The molecule has 1 saturated carbocycles. The largest absolute Gasteiger partial charge is 0.366 e. The lowest BCUT2D eigenvalue weighted by atomic mass is 10.1. The van der Waals surface area contributed by atoms with Crippen LogP contribution in [0.15, 0.2) is 12.1 Å². The summed E-state index contributed by atoms with van der Waals surface area (Å²) < 4.78 is 2.02. The molecule has 5 heteroatoms. The fourth-order valence-electron chi connectivity index (χ4n) is 3.74. The highest BCUT2D eigenvalue weighted by molar-refractivity contribution is 5.51. The quantitative estimate of drug-likeness (QED) is 0.911. The molecule has 1 saturated heterocycles. The molecule has 2 aliphatic rings. The van der Waals surface area contributed by atoms with Gasteiger partial charge in [-0.3, -0.25) is 0 Å². The van der Waals surface area contributed by atoms with E-state index in [4.69, 9.17) is 10.1 Å². The molecule has 1 unspecified atom stereocenters. The van der Waals surface area contributed by atoms with Crippen molar-refractivity contribution in [3.05, 3.63) is 23.5 Å². The van der Waals surface area contributed by atoms with E-state index < -0.39 is 0 Å². The number of aryl methyl sites for hydroxylation is 1. The van der Waals surface area contributed by atoms with Gasteiger partial charge in [0.1, 0.15) is 5.82 Å². The number of hydrogen-bond acceptors (Lipinski definition) is 4. The Morgan fingerprint density at radius 2 is 2.14 bits per heavy atom. The molecule has 5 nitrogen and oxygen atoms in total. The van der Waals surface area contributed by atoms with Gasteiger partial charge in [-0.25, -0.2) is 4.98 Å². The van der Waals surface area contributed by atoms with Gasteiger partial charge in [0.05, 0.1) is 5.69 Å². The van der Waals surface area contributed by atoms with E-state index in [1.165, 1.54) is 37.8 Å². The molecule has 118 valence electrons. The zero-order chi connectivity index (χ0) is 14.9. The summed E-state index contributed by atoms with van der Waals surface area (Å²) in [6.07, 6.45) is 7.36. The number of hydrogen-bond donors (Lipinski definition) is 2. The van der Waals surface area contributed by atoms with E-state index in [1.807, 2.05) is 4.52 Å². The molecule has 0 amide bonds. The fourth-order valence-corrected chi connectivity index (χ4v) is 3.74. The van der Waals surface area contributed by atoms with Crippen molar-refractivity contribution in [1.29, 1.82) is 0 Å². The molecule has 2 aromatic rings. The zero-order valence-corrected chi connectivity index (χ0v) is 13.3. The van der Waals surface area contributed by atoms with Crippen molar-refractivity contribution in [2.75, 3.05) is 18.4 Å². The summed E-state index contributed by atoms with van der Waals surface area (Å²) in [6.45, 7) is 4.29. The molecule has 2 fully saturated rings. The third-order valence-electron chi connectivity index (χ3n) is 5.05. The molecule has 0 bridgehead atoms. The van der Waals surface area contributed by atoms with Crippen molar-refractivity contribution < 1.29 is 0 Å². The van der Waals surface area contributed by atoms with Gasteiger partial charge in [0, 0.05) is 36.3 Å². The number of nitrogens with one attached hydrogen (secondary N) is 2. The third-order valence-corrected chi connectivity index (χ3v) is 5.05. The number of nitrogens with zero attached hydrogens (tertiary/aromatic N) is 3. The summed E-state index contributed by atoms with van der Waals surface area (Å²) in [6, 6.07) is 4.86. The average Bonchev–Trinajstić information content (AvgIpc) is 3.27. The van der Waals surface area contributed by atoms with Crippen LogP contribution in [0.2, 0.25) is 0 Å². The summed E-state index contributed by atoms with van der Waals surface area (Å²) in [4.78, 5) is 4.77. The summed E-state index contributed by atoms with van der Waals surface area (Å²) in [5.41, 5.74) is 3.36. The van der Waals surface area contributed by atoms with E-state index in [0.29, 0.717) is 12.0 Å². The topological polar surface area (TPSA) is 54.2 Å². The van der Waals surface area contributed by atoms with Crippen LogP contribution in [0.25, 0.3) is 5.65 Å². The van der Waals surface area contributed by atoms with Gasteiger partial charge in [-0.2, -0.15) is 9.61 Å². The third kappa shape index (κ3) is 2.58. The first-order chi connectivity index (χ1) is 10.8. The van der Waals surface area contributed by atoms with Crippen LogP contribution in [0.5, 0.6) is 0 Å². The molecular weight excluding hydrogens is 274 g/mol. The zero-order valence-electron chi connectivity index (χ0n) is 13.3. The standard InChI is InChI=1S/C17H25N5/c1-2-13-9-16(20-14-7-8-18-11-14)22-17(19-13)10-15(21-22)12-5-3-4-6-12/h9-10,12,14,18,20H,2-8,11H2,1H3. The van der Waals surface area contributed by atoms with Gasteiger partial charge in [0.2, 0.25) is 0 Å². The van der Waals surface area contributed by atoms with Crippen molar-refractivity contribution >= 4 is 11.5 Å². The highest BCUT2D eigenvalue weighted by Crippen LogP contribution is 2.34. The minimum atomic E-state index is 0.495. The van der Waals surface area contributed by atoms with E-state index in [2.05, 4.69) is 29.7 Å². The summed E-state index contributed by atoms with van der Waals surface area (Å²) in [5, 5.41) is 12.0. The average molecular weight is 299 g/mol. The molecule has 0 aromatic carbocycles. The van der Waals surface area contributed by atoms with E-state index in [-0.39, 0.29) is 0 Å². The van der Waals surface area contributed by atoms with Crippen LogP contribution in [0, 0.1) is 0 Å². The van der Waals surface area contributed by atoms with Gasteiger partial charge in [0.15, 0.2) is 5.65 Å². The first-order valence-electron chi connectivity index (χ1n) is 8.70. The Morgan fingerprint density at radius 3 is 2.86 bits per heavy atom. The van der Waals surface area contributed by atoms with Crippen molar-refractivity contribution in [2.24, 2.45) is 0 Å². The molecule has 3 heterocycles. The van der Waals surface area contributed by atoms with Crippen molar-refractivity contribution in [3.63, 3.8) is 0 Å². The second-order valence-electron chi connectivity index (χ2n) is 6.64. The lowest BCUT2D eigenvalue weighted by Gasteiger charge is -2.14. The van der Waals surface area contributed by atoms with E-state index >= 15 is 0 Å². The van der Waals surface area contributed by atoms with Crippen molar-refractivity contribution in [2.45, 2.75) is 57.4 Å². The Morgan fingerprint density at radius 1 is 1.27 bits per heavy atom. The Kier molecular flexibility index (Phi) is 3.74. The molecular formula is C17H25N5. The monoisotopic (exact) mass is 299 g/mol. The van der Waals surface area contributed by atoms with Gasteiger partial charge in [-0.05, 0) is 32.2 Å². The van der Waals surface area contributed by atoms with Crippen LogP contribution < -0.4 is 10.6 Å². The fraction of sp³-hybridized carbons (Fsp3) is 0.647. The molecule has 2 aromatic heterocycles. The number of aromatic nitrogens is 3. The maximum absolute atomic E-state index is 4.88. The molecule has 22 heavy (non-hydrogen) atoms. The summed E-state index contributed by atoms with van der Waals surface area (Å²) >= 11 is 0. The Hall–Kier alpha value is -1.62. The summed E-state index contributed by atoms with van der Waals surface area (Å²) in [7, 11) is 0. The smallest absolute Gasteiger partial charge is 0.157 e. The predicted molar refractivity (Wildman–Crippen MR) is 88.5 cm³/mol. The van der Waals surface area contributed by atoms with Gasteiger partial charge >= 0.3 is 0 Å². The van der Waals surface area contributed by atoms with E-state index in [1.54, 1.807) is 0 Å². The predicted octanol–water partition coefficient (Wildman–Crippen LogP) is 2.72. The van der Waals surface area contributed by atoms with Gasteiger partial charge in [-0.1, -0.05) is 19.8 Å². The maximum atomic E-state index is 4.88. The Labute approximate surface area is 131 Å². The maximum Gasteiger partial charge on any atom is 0.157 e. The Bertz CT molecular complexity index is 650. The van der Waals surface area contributed by atoms with Crippen LogP contribution in [0.1, 0.15) is 56.3 Å². The molecule has 0 radical (unpaired) electrons. The van der Waals surface area contributed by atoms with Crippen molar-refractivity contribution in [3.8, 4) is 0 Å². The highest BCUT2D eigenvalue weighted by atomic mass is 15.3. The minimum absolute atomic E-state index is 0.495. The van der Waals surface area contributed by atoms with Crippen LogP contribution in [-0.4, -0.2) is 33.7 Å². The van der Waals surface area contributed by atoms with Crippen LogP contribution in [-0.2, 0) is 6.42 Å². The number of anilines is 1. The minimum Gasteiger partial charge on any atom is -0.366 e. The normalized spacial score (nSPS) is 22.7. The number of rotatable bonds is 4. The first kappa shape index (κ1) is 14.0. The van der Waals surface area contributed by atoms with Crippen LogP contribution >= 0.6 is 0 Å². The Balaban J connectivity index is 1.71. The first-order valence-corrected chi connectivity index (χ1v) is 8.70.